The SMILES string of the molecule is CCCCCCCCCC(I)OC(=O)Cc1cc(C)c(O)c(C(C)(C)C)c1. The Kier molecular flexibility index (Phi) is 10.7. The first-order valence-electron chi connectivity index (χ1n) is 10.3. The van der Waals surface area contributed by atoms with E-state index in [9.17, 15) is 9.90 Å². The van der Waals surface area contributed by atoms with Crippen LogP contribution in [0.15, 0.2) is 12.1 Å². The molecule has 0 bridgehead atoms. The van der Waals surface area contributed by atoms with Crippen molar-refractivity contribution in [2.45, 2.75) is 102 Å². The highest BCUT2D eigenvalue weighted by Crippen LogP contribution is 2.34. The van der Waals surface area contributed by atoms with Crippen LogP contribution in [0.5, 0.6) is 5.75 Å². The predicted molar refractivity (Wildman–Crippen MR) is 122 cm³/mol. The van der Waals surface area contributed by atoms with Crippen molar-refractivity contribution < 1.29 is 14.6 Å². The Morgan fingerprint density at radius 1 is 1.11 bits per heavy atom. The third-order valence-corrected chi connectivity index (χ3v) is 5.69. The zero-order valence-corrected chi connectivity index (χ0v) is 19.9. The van der Waals surface area contributed by atoms with E-state index in [2.05, 4.69) is 50.3 Å². The van der Waals surface area contributed by atoms with E-state index < -0.39 is 0 Å². The molecule has 0 saturated carbocycles. The maximum Gasteiger partial charge on any atom is 0.311 e. The molecule has 27 heavy (non-hydrogen) atoms. The molecule has 0 fully saturated rings. The normalized spacial score (nSPS) is 12.8. The minimum atomic E-state index is -0.192. The van der Waals surface area contributed by atoms with E-state index in [1.807, 2.05) is 19.1 Å². The molecule has 0 aliphatic carbocycles. The van der Waals surface area contributed by atoms with Crippen LogP contribution in [-0.4, -0.2) is 15.2 Å². The Morgan fingerprint density at radius 3 is 2.30 bits per heavy atom. The molecule has 1 rings (SSSR count). The Bertz CT molecular complexity index is 590. The average molecular weight is 488 g/mol. The molecule has 0 aromatic heterocycles. The summed E-state index contributed by atoms with van der Waals surface area (Å²) in [6.45, 7) is 10.3. The van der Waals surface area contributed by atoms with E-state index >= 15 is 0 Å². The molecule has 1 N–H and O–H groups in total. The van der Waals surface area contributed by atoms with Gasteiger partial charge in [-0.3, -0.25) is 4.79 Å². The third kappa shape index (κ3) is 9.31. The van der Waals surface area contributed by atoms with Crippen LogP contribution in [0.3, 0.4) is 0 Å². The largest absolute Gasteiger partial charge is 0.507 e. The van der Waals surface area contributed by atoms with Crippen molar-refractivity contribution in [1.82, 2.24) is 0 Å². The van der Waals surface area contributed by atoms with Gasteiger partial charge in [0.1, 0.15) is 5.75 Å². The van der Waals surface area contributed by atoms with Crippen LogP contribution in [-0.2, 0) is 21.4 Å². The first-order valence-corrected chi connectivity index (χ1v) is 11.6. The lowest BCUT2D eigenvalue weighted by Gasteiger charge is -2.22. The van der Waals surface area contributed by atoms with Crippen molar-refractivity contribution in [3.63, 3.8) is 0 Å². The number of alkyl halides is 1. The maximum atomic E-state index is 12.3. The van der Waals surface area contributed by atoms with Crippen molar-refractivity contribution >= 4 is 28.6 Å². The van der Waals surface area contributed by atoms with Gasteiger partial charge in [0, 0.05) is 0 Å². The van der Waals surface area contributed by atoms with Gasteiger partial charge in [-0.15, -0.1) is 0 Å². The summed E-state index contributed by atoms with van der Waals surface area (Å²) in [5, 5.41) is 10.3. The van der Waals surface area contributed by atoms with Crippen molar-refractivity contribution in [2.75, 3.05) is 0 Å². The molecular weight excluding hydrogens is 451 g/mol. The van der Waals surface area contributed by atoms with E-state index in [0.717, 1.165) is 29.5 Å². The molecule has 0 amide bonds. The number of hydrogen-bond acceptors (Lipinski definition) is 3. The van der Waals surface area contributed by atoms with Crippen LogP contribution < -0.4 is 0 Å². The minimum absolute atomic E-state index is 0.0639. The number of unbranched alkanes of at least 4 members (excludes halogenated alkanes) is 6. The highest BCUT2D eigenvalue weighted by atomic mass is 127. The summed E-state index contributed by atoms with van der Waals surface area (Å²) in [6, 6.07) is 3.81. The van der Waals surface area contributed by atoms with Gasteiger partial charge in [0.2, 0.25) is 0 Å². The second-order valence-electron chi connectivity index (χ2n) is 8.55. The van der Waals surface area contributed by atoms with Crippen molar-refractivity contribution in [2.24, 2.45) is 0 Å². The molecule has 0 aliphatic heterocycles. The zero-order valence-electron chi connectivity index (χ0n) is 17.7. The summed E-state index contributed by atoms with van der Waals surface area (Å²) in [4.78, 5) is 12.3. The molecule has 3 nitrogen and oxygen atoms in total. The number of ether oxygens (including phenoxy) is 1. The molecule has 1 aromatic rings. The van der Waals surface area contributed by atoms with Gasteiger partial charge in [-0.25, -0.2) is 0 Å². The number of esters is 1. The number of carbonyl (C=O) groups is 1. The standard InChI is InChI=1S/C23H37IO3/c1-6-7-8-9-10-11-12-13-20(24)27-21(25)16-18-14-17(2)22(26)19(15-18)23(3,4)5/h14-15,20,26H,6-13,16H2,1-5H3. The average Bonchev–Trinajstić information content (AvgIpc) is 2.56. The lowest BCUT2D eigenvalue weighted by atomic mass is 9.84. The fraction of sp³-hybridized carbons (Fsp3) is 0.696. The monoisotopic (exact) mass is 488 g/mol. The Hall–Kier alpha value is -0.780. The molecule has 0 aliphatic rings. The maximum absolute atomic E-state index is 12.3. The topological polar surface area (TPSA) is 46.5 Å². The van der Waals surface area contributed by atoms with Crippen LogP contribution in [0.4, 0.5) is 0 Å². The summed E-state index contributed by atoms with van der Waals surface area (Å²) in [5.41, 5.74) is 2.41. The number of halogens is 1. The minimum Gasteiger partial charge on any atom is -0.507 e. The molecule has 1 atom stereocenters. The number of carbonyl (C=O) groups excluding carboxylic acids is 1. The van der Waals surface area contributed by atoms with Crippen LogP contribution in [0.1, 0.15) is 95.8 Å². The van der Waals surface area contributed by atoms with Gasteiger partial charge in [0.05, 0.1) is 6.42 Å². The fourth-order valence-corrected chi connectivity index (χ4v) is 3.92. The Morgan fingerprint density at radius 2 is 1.70 bits per heavy atom. The quantitative estimate of drug-likeness (QED) is 0.158. The van der Waals surface area contributed by atoms with Crippen LogP contribution in [0.25, 0.3) is 0 Å². The molecule has 0 spiro atoms. The van der Waals surface area contributed by atoms with Gasteiger partial charge in [-0.2, -0.15) is 0 Å². The van der Waals surface area contributed by atoms with Crippen LogP contribution >= 0.6 is 22.6 Å². The molecule has 1 aromatic carbocycles. The molecule has 0 radical (unpaired) electrons. The van der Waals surface area contributed by atoms with Gasteiger partial charge in [0.15, 0.2) is 4.11 Å². The van der Waals surface area contributed by atoms with E-state index in [4.69, 9.17) is 4.74 Å². The summed E-state index contributed by atoms with van der Waals surface area (Å²) < 4.78 is 5.52. The Labute approximate surface area is 179 Å². The number of rotatable bonds is 11. The second kappa shape index (κ2) is 11.9. The summed E-state index contributed by atoms with van der Waals surface area (Å²) >= 11 is 2.22. The molecule has 1 unspecified atom stereocenters. The lowest BCUT2D eigenvalue weighted by Crippen LogP contribution is -2.16. The molecular formula is C23H37IO3. The predicted octanol–water partition coefficient (Wildman–Crippen LogP) is 6.99. The van der Waals surface area contributed by atoms with Crippen molar-refractivity contribution in [1.29, 1.82) is 0 Å². The van der Waals surface area contributed by atoms with Gasteiger partial charge < -0.3 is 9.84 Å². The van der Waals surface area contributed by atoms with E-state index in [0.29, 0.717) is 5.75 Å². The Balaban J connectivity index is 2.45. The molecule has 154 valence electrons. The number of benzene rings is 1. The van der Waals surface area contributed by atoms with Gasteiger partial charge in [-0.05, 0) is 64.5 Å². The smallest absolute Gasteiger partial charge is 0.311 e. The van der Waals surface area contributed by atoms with E-state index in [1.165, 1.54) is 38.5 Å². The number of aryl methyl sites for hydroxylation is 1. The van der Waals surface area contributed by atoms with E-state index in [1.54, 1.807) is 0 Å². The van der Waals surface area contributed by atoms with Crippen LogP contribution in [0.2, 0.25) is 0 Å². The second-order valence-corrected chi connectivity index (χ2v) is 9.93. The highest BCUT2D eigenvalue weighted by Gasteiger charge is 2.21. The van der Waals surface area contributed by atoms with Crippen molar-refractivity contribution in [3.05, 3.63) is 28.8 Å². The summed E-state index contributed by atoms with van der Waals surface area (Å²) in [7, 11) is 0. The van der Waals surface area contributed by atoms with Crippen molar-refractivity contribution in [3.8, 4) is 5.75 Å². The number of aromatic hydroxyl groups is 1. The van der Waals surface area contributed by atoms with Gasteiger partial charge in [-0.1, -0.05) is 78.4 Å². The summed E-state index contributed by atoms with van der Waals surface area (Å²) in [6.07, 6.45) is 10.0. The summed E-state index contributed by atoms with van der Waals surface area (Å²) in [5.74, 6) is 0.132. The number of phenolic OH excluding ortho intramolecular Hbond substituents is 1. The van der Waals surface area contributed by atoms with Gasteiger partial charge in [0.25, 0.3) is 0 Å². The molecule has 4 heteroatoms. The lowest BCUT2D eigenvalue weighted by molar-refractivity contribution is -0.143. The molecule has 0 heterocycles. The zero-order chi connectivity index (χ0) is 20.4. The van der Waals surface area contributed by atoms with Gasteiger partial charge >= 0.3 is 5.97 Å². The van der Waals surface area contributed by atoms with E-state index in [-0.39, 0.29) is 21.9 Å². The number of phenols is 1. The highest BCUT2D eigenvalue weighted by molar-refractivity contribution is 14.1. The molecule has 0 saturated heterocycles. The van der Waals surface area contributed by atoms with Crippen LogP contribution in [0, 0.1) is 6.92 Å². The first kappa shape index (κ1) is 24.3. The first-order chi connectivity index (χ1) is 12.6. The fourth-order valence-electron chi connectivity index (χ4n) is 3.20. The third-order valence-electron chi connectivity index (χ3n) is 4.81. The number of hydrogen-bond donors (Lipinski definition) is 1.